The van der Waals surface area contributed by atoms with Crippen LogP contribution in [-0.2, 0) is 16.6 Å². The number of hydrogen-bond donors (Lipinski definition) is 2. The standard InChI is InChI=1S/C16H18ClN3O3S/c1-2-9-24(22,23)20-14-6-4-3-5-13(14)16(21)19-11-12-7-8-15(17)18-10-12/h3-8,10,20H,2,9,11H2,1H3,(H,19,21). The maximum absolute atomic E-state index is 12.4. The van der Waals surface area contributed by atoms with Crippen molar-refractivity contribution in [2.75, 3.05) is 10.5 Å². The Bertz CT molecular complexity index is 808. The molecule has 0 bridgehead atoms. The number of aromatic nitrogens is 1. The van der Waals surface area contributed by atoms with Crippen LogP contribution in [0.15, 0.2) is 42.6 Å². The second kappa shape index (κ2) is 8.12. The number of anilines is 1. The molecule has 6 nitrogen and oxygen atoms in total. The molecule has 0 atom stereocenters. The number of pyridine rings is 1. The van der Waals surface area contributed by atoms with Gasteiger partial charge in [0.15, 0.2) is 0 Å². The number of hydrogen-bond acceptors (Lipinski definition) is 4. The maximum Gasteiger partial charge on any atom is 0.253 e. The van der Waals surface area contributed by atoms with Gasteiger partial charge in [-0.15, -0.1) is 0 Å². The molecule has 8 heteroatoms. The fraction of sp³-hybridized carbons (Fsp3) is 0.250. The molecule has 1 aromatic carbocycles. The first-order valence-corrected chi connectivity index (χ1v) is 9.42. The van der Waals surface area contributed by atoms with Gasteiger partial charge in [-0.3, -0.25) is 9.52 Å². The Balaban J connectivity index is 2.10. The lowest BCUT2D eigenvalue weighted by Gasteiger charge is -2.12. The molecule has 0 saturated heterocycles. The van der Waals surface area contributed by atoms with E-state index in [1.165, 1.54) is 0 Å². The van der Waals surface area contributed by atoms with Crippen molar-refractivity contribution >= 4 is 33.2 Å². The first kappa shape index (κ1) is 18.2. The molecular formula is C16H18ClN3O3S. The molecule has 0 fully saturated rings. The van der Waals surface area contributed by atoms with Gasteiger partial charge in [-0.05, 0) is 30.2 Å². The summed E-state index contributed by atoms with van der Waals surface area (Å²) in [7, 11) is -3.47. The lowest BCUT2D eigenvalue weighted by Crippen LogP contribution is -2.25. The highest BCUT2D eigenvalue weighted by Gasteiger charge is 2.15. The maximum atomic E-state index is 12.4. The summed E-state index contributed by atoms with van der Waals surface area (Å²) in [6.45, 7) is 2.04. The normalized spacial score (nSPS) is 11.1. The van der Waals surface area contributed by atoms with Gasteiger partial charge in [0.05, 0.1) is 17.0 Å². The fourth-order valence-electron chi connectivity index (χ4n) is 2.05. The Labute approximate surface area is 146 Å². The molecule has 1 aromatic heterocycles. The Hall–Kier alpha value is -2.12. The van der Waals surface area contributed by atoms with E-state index in [9.17, 15) is 13.2 Å². The predicted molar refractivity (Wildman–Crippen MR) is 94.6 cm³/mol. The largest absolute Gasteiger partial charge is 0.348 e. The first-order valence-electron chi connectivity index (χ1n) is 7.39. The molecule has 2 N–H and O–H groups in total. The van der Waals surface area contributed by atoms with Crippen LogP contribution in [0.25, 0.3) is 0 Å². The molecule has 1 heterocycles. The molecule has 1 amide bonds. The summed E-state index contributed by atoms with van der Waals surface area (Å²) in [4.78, 5) is 16.3. The number of nitrogens with zero attached hydrogens (tertiary/aromatic N) is 1. The number of amides is 1. The predicted octanol–water partition coefficient (Wildman–Crippen LogP) is 2.82. The zero-order valence-electron chi connectivity index (χ0n) is 13.1. The van der Waals surface area contributed by atoms with Crippen LogP contribution in [0.5, 0.6) is 0 Å². The van der Waals surface area contributed by atoms with Gasteiger partial charge in [-0.25, -0.2) is 13.4 Å². The number of carbonyl (C=O) groups is 1. The zero-order valence-corrected chi connectivity index (χ0v) is 14.7. The van der Waals surface area contributed by atoms with Crippen LogP contribution in [-0.4, -0.2) is 25.1 Å². The molecule has 0 saturated carbocycles. The van der Waals surface area contributed by atoms with Crippen molar-refractivity contribution in [3.8, 4) is 0 Å². The van der Waals surface area contributed by atoms with Gasteiger partial charge < -0.3 is 5.32 Å². The molecule has 0 aliphatic heterocycles. The molecule has 2 aromatic rings. The Morgan fingerprint density at radius 3 is 2.62 bits per heavy atom. The van der Waals surface area contributed by atoms with Gasteiger partial charge in [-0.2, -0.15) is 0 Å². The van der Waals surface area contributed by atoms with E-state index in [2.05, 4.69) is 15.0 Å². The molecule has 0 aliphatic carbocycles. The molecule has 0 unspecified atom stereocenters. The number of nitrogens with one attached hydrogen (secondary N) is 2. The molecule has 24 heavy (non-hydrogen) atoms. The third-order valence-electron chi connectivity index (χ3n) is 3.15. The Morgan fingerprint density at radius 1 is 1.21 bits per heavy atom. The van der Waals surface area contributed by atoms with E-state index >= 15 is 0 Å². The van der Waals surface area contributed by atoms with Crippen LogP contribution >= 0.6 is 11.6 Å². The minimum absolute atomic E-state index is 0.000598. The van der Waals surface area contributed by atoms with Crippen LogP contribution < -0.4 is 10.0 Å². The summed E-state index contributed by atoms with van der Waals surface area (Å²) in [6, 6.07) is 9.87. The van der Waals surface area contributed by atoms with E-state index in [-0.39, 0.29) is 29.5 Å². The molecule has 2 rings (SSSR count). The van der Waals surface area contributed by atoms with E-state index in [0.29, 0.717) is 11.6 Å². The van der Waals surface area contributed by atoms with Crippen molar-refractivity contribution in [2.45, 2.75) is 19.9 Å². The van der Waals surface area contributed by atoms with E-state index < -0.39 is 10.0 Å². The van der Waals surface area contributed by atoms with Crippen LogP contribution in [0.1, 0.15) is 29.3 Å². The van der Waals surface area contributed by atoms with Gasteiger partial charge in [0.25, 0.3) is 5.91 Å². The van der Waals surface area contributed by atoms with E-state index in [4.69, 9.17) is 11.6 Å². The van der Waals surface area contributed by atoms with Crippen LogP contribution in [0.4, 0.5) is 5.69 Å². The Morgan fingerprint density at radius 2 is 1.96 bits per heavy atom. The van der Waals surface area contributed by atoms with Crippen LogP contribution in [0.2, 0.25) is 5.15 Å². The smallest absolute Gasteiger partial charge is 0.253 e. The molecule has 0 aliphatic rings. The van der Waals surface area contributed by atoms with Crippen molar-refractivity contribution < 1.29 is 13.2 Å². The third-order valence-corrected chi connectivity index (χ3v) is 4.85. The summed E-state index contributed by atoms with van der Waals surface area (Å²) in [5, 5.41) is 3.11. The van der Waals surface area contributed by atoms with Crippen LogP contribution in [0, 0.1) is 0 Å². The average molecular weight is 368 g/mol. The summed E-state index contributed by atoms with van der Waals surface area (Å²) >= 11 is 5.71. The summed E-state index contributed by atoms with van der Waals surface area (Å²) in [5.74, 6) is -0.376. The monoisotopic (exact) mass is 367 g/mol. The van der Waals surface area contributed by atoms with Gasteiger partial charge in [0.2, 0.25) is 10.0 Å². The highest BCUT2D eigenvalue weighted by molar-refractivity contribution is 7.92. The third kappa shape index (κ3) is 5.21. The number of sulfonamides is 1. The van der Waals surface area contributed by atoms with Gasteiger partial charge >= 0.3 is 0 Å². The first-order chi connectivity index (χ1) is 11.4. The van der Waals surface area contributed by atoms with Crippen molar-refractivity contribution in [3.63, 3.8) is 0 Å². The SMILES string of the molecule is CCCS(=O)(=O)Nc1ccccc1C(=O)NCc1ccc(Cl)nc1. The minimum Gasteiger partial charge on any atom is -0.348 e. The van der Waals surface area contributed by atoms with Crippen molar-refractivity contribution in [2.24, 2.45) is 0 Å². The lowest BCUT2D eigenvalue weighted by molar-refractivity contribution is 0.0952. The van der Waals surface area contributed by atoms with Gasteiger partial charge in [0.1, 0.15) is 5.15 Å². The number of halogens is 1. The molecule has 0 radical (unpaired) electrons. The minimum atomic E-state index is -3.47. The second-order valence-corrected chi connectivity index (χ2v) is 7.37. The average Bonchev–Trinajstić information content (AvgIpc) is 2.54. The quantitative estimate of drug-likeness (QED) is 0.736. The van der Waals surface area contributed by atoms with Crippen molar-refractivity contribution in [1.29, 1.82) is 0 Å². The summed E-state index contributed by atoms with van der Waals surface area (Å²) < 4.78 is 26.3. The van der Waals surface area contributed by atoms with E-state index in [0.717, 1.165) is 5.56 Å². The molecular weight excluding hydrogens is 350 g/mol. The summed E-state index contributed by atoms with van der Waals surface area (Å²) in [5.41, 5.74) is 1.31. The number of carbonyl (C=O) groups excluding carboxylic acids is 1. The lowest BCUT2D eigenvalue weighted by atomic mass is 10.1. The van der Waals surface area contributed by atoms with E-state index in [1.807, 2.05) is 0 Å². The summed E-state index contributed by atoms with van der Waals surface area (Å²) in [6.07, 6.45) is 2.06. The number of rotatable bonds is 7. The molecule has 0 spiro atoms. The topological polar surface area (TPSA) is 88.2 Å². The molecule has 128 valence electrons. The fourth-order valence-corrected chi connectivity index (χ4v) is 3.31. The zero-order chi connectivity index (χ0) is 17.6. The second-order valence-electron chi connectivity index (χ2n) is 5.14. The number of para-hydroxylation sites is 1. The van der Waals surface area contributed by atoms with Gasteiger partial charge in [-0.1, -0.05) is 36.7 Å². The van der Waals surface area contributed by atoms with Crippen molar-refractivity contribution in [3.05, 3.63) is 58.9 Å². The Kier molecular flexibility index (Phi) is 6.16. The highest BCUT2D eigenvalue weighted by atomic mass is 35.5. The highest BCUT2D eigenvalue weighted by Crippen LogP contribution is 2.17. The van der Waals surface area contributed by atoms with E-state index in [1.54, 1.807) is 49.5 Å². The van der Waals surface area contributed by atoms with Gasteiger partial charge in [0, 0.05) is 12.7 Å². The number of benzene rings is 1. The van der Waals surface area contributed by atoms with Crippen molar-refractivity contribution in [1.82, 2.24) is 10.3 Å². The van der Waals surface area contributed by atoms with Crippen LogP contribution in [0.3, 0.4) is 0 Å².